The van der Waals surface area contributed by atoms with Crippen molar-refractivity contribution in [2.24, 2.45) is 11.7 Å². The van der Waals surface area contributed by atoms with Crippen LogP contribution in [0.2, 0.25) is 0 Å². The lowest BCUT2D eigenvalue weighted by Crippen LogP contribution is -2.58. The first-order valence-electron chi connectivity index (χ1n) is 17.7. The number of nitrogens with two attached hydrogens (primary N) is 1. The summed E-state index contributed by atoms with van der Waals surface area (Å²) in [5, 5.41) is 29.1. The number of aliphatic carboxylic acids is 2. The lowest BCUT2D eigenvalue weighted by atomic mass is 9.84. The van der Waals surface area contributed by atoms with Crippen molar-refractivity contribution in [3.63, 3.8) is 0 Å². The van der Waals surface area contributed by atoms with E-state index in [2.05, 4.69) is 28.2 Å². The van der Waals surface area contributed by atoms with Crippen molar-refractivity contribution in [1.29, 1.82) is 0 Å². The van der Waals surface area contributed by atoms with Gasteiger partial charge in [-0.3, -0.25) is 28.8 Å². The van der Waals surface area contributed by atoms with Crippen molar-refractivity contribution >= 4 is 41.5 Å². The molecule has 0 saturated heterocycles. The summed E-state index contributed by atoms with van der Waals surface area (Å²) in [5.41, 5.74) is 5.22. The summed E-state index contributed by atoms with van der Waals surface area (Å²) in [6.45, 7) is 3.38. The number of carboxylic acid groups (broad SMARTS) is 2. The van der Waals surface area contributed by atoms with Crippen LogP contribution in [0, 0.1) is 5.92 Å². The topological polar surface area (TPSA) is 234 Å². The standard InChI is InChI=1S/C34H59N5O9/c1-3-4-5-6-7-8-9-10-11-15-18-26(34(47)48)37-33(46)28(22-30(42)43)39-32(45)27(21-24-16-13-12-14-17-24)38-31(44)25(36-23(2)40)19-20-29(35)41/h24-28H,3-22H2,1-2H3,(H2,35,41)(H,36,40)(H,37,46)(H,38,44)(H,39,45)(H,42,43)(H,47,48)/t25-,26?,27-,28-/m0/s1. The fourth-order valence-electron chi connectivity index (χ4n) is 6.08. The molecule has 274 valence electrons. The van der Waals surface area contributed by atoms with Crippen LogP contribution < -0.4 is 27.0 Å². The zero-order chi connectivity index (χ0) is 35.9. The van der Waals surface area contributed by atoms with Gasteiger partial charge in [-0.15, -0.1) is 0 Å². The summed E-state index contributed by atoms with van der Waals surface area (Å²) in [6.07, 6.45) is 14.4. The van der Waals surface area contributed by atoms with Crippen LogP contribution in [-0.4, -0.2) is 75.9 Å². The monoisotopic (exact) mass is 681 g/mol. The van der Waals surface area contributed by atoms with Gasteiger partial charge in [0.05, 0.1) is 6.42 Å². The Labute approximate surface area is 284 Å². The Hall–Kier alpha value is -3.71. The van der Waals surface area contributed by atoms with Gasteiger partial charge >= 0.3 is 11.9 Å². The molecular weight excluding hydrogens is 622 g/mol. The average Bonchev–Trinajstić information content (AvgIpc) is 3.02. The lowest BCUT2D eigenvalue weighted by molar-refractivity contribution is -0.144. The molecule has 0 spiro atoms. The third-order valence-electron chi connectivity index (χ3n) is 8.77. The summed E-state index contributed by atoms with van der Waals surface area (Å²) < 4.78 is 0. The van der Waals surface area contributed by atoms with Crippen molar-refractivity contribution in [3.05, 3.63) is 0 Å². The number of amides is 5. The highest BCUT2D eigenvalue weighted by atomic mass is 16.4. The van der Waals surface area contributed by atoms with Gasteiger partial charge in [0.2, 0.25) is 29.5 Å². The largest absolute Gasteiger partial charge is 0.481 e. The molecular formula is C34H59N5O9. The highest BCUT2D eigenvalue weighted by molar-refractivity contribution is 5.96. The van der Waals surface area contributed by atoms with E-state index in [-0.39, 0.29) is 31.6 Å². The van der Waals surface area contributed by atoms with Gasteiger partial charge in [0, 0.05) is 13.3 Å². The minimum absolute atomic E-state index is 0.0730. The van der Waals surface area contributed by atoms with Crippen molar-refractivity contribution in [2.75, 3.05) is 0 Å². The van der Waals surface area contributed by atoms with E-state index in [0.29, 0.717) is 6.42 Å². The van der Waals surface area contributed by atoms with Crippen molar-refractivity contribution in [1.82, 2.24) is 21.3 Å². The van der Waals surface area contributed by atoms with Crippen LogP contribution in [0.15, 0.2) is 0 Å². The summed E-state index contributed by atoms with van der Waals surface area (Å²) in [7, 11) is 0. The molecule has 14 nitrogen and oxygen atoms in total. The van der Waals surface area contributed by atoms with Gasteiger partial charge in [0.1, 0.15) is 24.2 Å². The number of rotatable bonds is 26. The third kappa shape index (κ3) is 19.2. The Morgan fingerprint density at radius 3 is 1.67 bits per heavy atom. The predicted octanol–water partition coefficient (Wildman–Crippen LogP) is 3.05. The highest BCUT2D eigenvalue weighted by Crippen LogP contribution is 2.27. The number of unbranched alkanes of at least 4 members (excludes halogenated alkanes) is 9. The number of carbonyl (C=O) groups excluding carboxylic acids is 5. The van der Waals surface area contributed by atoms with Gasteiger partial charge in [-0.2, -0.15) is 0 Å². The molecule has 0 aromatic carbocycles. The van der Waals surface area contributed by atoms with Crippen molar-refractivity contribution < 1.29 is 43.8 Å². The molecule has 0 radical (unpaired) electrons. The number of nitrogens with one attached hydrogen (secondary N) is 4. The third-order valence-corrected chi connectivity index (χ3v) is 8.77. The minimum atomic E-state index is -1.60. The maximum absolute atomic E-state index is 13.6. The Morgan fingerprint density at radius 1 is 0.646 bits per heavy atom. The molecule has 1 aliphatic carbocycles. The molecule has 1 saturated carbocycles. The number of primary amides is 1. The maximum atomic E-state index is 13.6. The van der Waals surface area contributed by atoms with Gasteiger partial charge in [-0.05, 0) is 25.2 Å². The van der Waals surface area contributed by atoms with E-state index in [1.54, 1.807) is 0 Å². The zero-order valence-electron chi connectivity index (χ0n) is 28.9. The molecule has 0 aliphatic heterocycles. The number of hydrogen-bond acceptors (Lipinski definition) is 7. The summed E-state index contributed by atoms with van der Waals surface area (Å²) in [6, 6.07) is -5.20. The maximum Gasteiger partial charge on any atom is 0.326 e. The second kappa shape index (κ2) is 24.4. The van der Waals surface area contributed by atoms with Gasteiger partial charge in [0.15, 0.2) is 0 Å². The first kappa shape index (κ1) is 42.3. The predicted molar refractivity (Wildman–Crippen MR) is 179 cm³/mol. The van der Waals surface area contributed by atoms with Crippen LogP contribution in [0.5, 0.6) is 0 Å². The van der Waals surface area contributed by atoms with Gasteiger partial charge < -0.3 is 37.2 Å². The fourth-order valence-corrected chi connectivity index (χ4v) is 6.08. The quantitative estimate of drug-likeness (QED) is 0.0664. The first-order chi connectivity index (χ1) is 22.8. The van der Waals surface area contributed by atoms with Gasteiger partial charge in [-0.25, -0.2) is 4.79 Å². The van der Waals surface area contributed by atoms with Crippen LogP contribution in [0.4, 0.5) is 0 Å². The second-order valence-corrected chi connectivity index (χ2v) is 13.1. The Bertz CT molecular complexity index is 1050. The van der Waals surface area contributed by atoms with E-state index < -0.39 is 72.1 Å². The van der Waals surface area contributed by atoms with E-state index in [0.717, 1.165) is 57.8 Å². The molecule has 14 heteroatoms. The van der Waals surface area contributed by atoms with Gasteiger partial charge in [-0.1, -0.05) is 103 Å². The van der Waals surface area contributed by atoms with E-state index in [1.165, 1.54) is 39.0 Å². The van der Waals surface area contributed by atoms with E-state index in [9.17, 15) is 43.8 Å². The summed E-state index contributed by atoms with van der Waals surface area (Å²) in [5.74, 6) is -6.28. The van der Waals surface area contributed by atoms with Crippen LogP contribution in [0.3, 0.4) is 0 Å². The molecule has 1 aliphatic rings. The average molecular weight is 682 g/mol. The molecule has 0 bridgehead atoms. The highest BCUT2D eigenvalue weighted by Gasteiger charge is 2.33. The van der Waals surface area contributed by atoms with E-state index in [1.807, 2.05) is 0 Å². The zero-order valence-corrected chi connectivity index (χ0v) is 28.9. The van der Waals surface area contributed by atoms with E-state index in [4.69, 9.17) is 5.73 Å². The van der Waals surface area contributed by atoms with Crippen LogP contribution >= 0.6 is 0 Å². The van der Waals surface area contributed by atoms with Crippen molar-refractivity contribution in [2.45, 2.75) is 166 Å². The SMILES string of the molecule is CCCCCCCCCCCCC(NC(=O)[C@H](CC(=O)O)NC(=O)[C@H](CC1CCCCC1)NC(=O)[C@H](CCC(N)=O)NC(C)=O)C(=O)O. The Balaban J connectivity index is 2.93. The first-order valence-corrected chi connectivity index (χ1v) is 17.7. The molecule has 5 amide bonds. The summed E-state index contributed by atoms with van der Waals surface area (Å²) >= 11 is 0. The molecule has 4 atom stereocenters. The van der Waals surface area contributed by atoms with Crippen LogP contribution in [0.1, 0.15) is 142 Å². The molecule has 0 aromatic rings. The Morgan fingerprint density at radius 2 is 1.15 bits per heavy atom. The molecule has 8 N–H and O–H groups in total. The fraction of sp³-hybridized carbons (Fsp3) is 0.794. The second-order valence-electron chi connectivity index (χ2n) is 13.1. The van der Waals surface area contributed by atoms with Crippen LogP contribution in [-0.2, 0) is 33.6 Å². The molecule has 48 heavy (non-hydrogen) atoms. The lowest BCUT2D eigenvalue weighted by Gasteiger charge is -2.29. The molecule has 1 fully saturated rings. The molecule has 1 rings (SSSR count). The van der Waals surface area contributed by atoms with Crippen LogP contribution in [0.25, 0.3) is 0 Å². The van der Waals surface area contributed by atoms with Crippen molar-refractivity contribution in [3.8, 4) is 0 Å². The number of hydrogen-bond donors (Lipinski definition) is 7. The smallest absolute Gasteiger partial charge is 0.326 e. The number of carboxylic acids is 2. The normalized spacial score (nSPS) is 15.7. The minimum Gasteiger partial charge on any atom is -0.481 e. The summed E-state index contributed by atoms with van der Waals surface area (Å²) in [4.78, 5) is 86.7. The number of carbonyl (C=O) groups is 7. The Kier molecular flexibility index (Phi) is 21.5. The van der Waals surface area contributed by atoms with Gasteiger partial charge in [0.25, 0.3) is 0 Å². The molecule has 0 heterocycles. The molecule has 1 unspecified atom stereocenters. The van der Waals surface area contributed by atoms with E-state index >= 15 is 0 Å². The molecule has 0 aromatic heterocycles.